The van der Waals surface area contributed by atoms with Gasteiger partial charge in [0.1, 0.15) is 17.3 Å². The number of nitrogens with zero attached hydrogens (tertiary/aromatic N) is 2. The van der Waals surface area contributed by atoms with Gasteiger partial charge in [-0.05, 0) is 35.9 Å². The van der Waals surface area contributed by atoms with Crippen LogP contribution in [-0.4, -0.2) is 15.7 Å². The van der Waals surface area contributed by atoms with Crippen LogP contribution < -0.4 is 10.1 Å². The number of rotatable bonds is 6. The standard InChI is InChI=1S/C18H15ClFN3O2/c19-15-3-1-2-4-17(15)25-12-23-10-9-16(22-23)18(24)21-11-13-5-7-14(20)8-6-13/h1-10H,11-12H2,(H,21,24). The highest BCUT2D eigenvalue weighted by Gasteiger charge is 2.10. The predicted molar refractivity (Wildman–Crippen MR) is 91.9 cm³/mol. The molecular weight excluding hydrogens is 345 g/mol. The Morgan fingerprint density at radius 2 is 1.92 bits per heavy atom. The molecule has 1 N–H and O–H groups in total. The Morgan fingerprint density at radius 1 is 1.16 bits per heavy atom. The zero-order chi connectivity index (χ0) is 17.6. The molecule has 0 fully saturated rings. The van der Waals surface area contributed by atoms with Crippen LogP contribution in [0.2, 0.25) is 5.02 Å². The molecule has 0 saturated carbocycles. The minimum Gasteiger partial charge on any atom is -0.470 e. The lowest BCUT2D eigenvalue weighted by molar-refractivity contribution is 0.0944. The first-order valence-electron chi connectivity index (χ1n) is 7.55. The van der Waals surface area contributed by atoms with Gasteiger partial charge in [0.15, 0.2) is 6.73 Å². The topological polar surface area (TPSA) is 56.2 Å². The number of ether oxygens (including phenoxy) is 1. The molecule has 3 aromatic rings. The molecule has 0 aliphatic carbocycles. The number of benzene rings is 2. The summed E-state index contributed by atoms with van der Waals surface area (Å²) >= 11 is 6.01. The van der Waals surface area contributed by atoms with Gasteiger partial charge >= 0.3 is 0 Å². The molecule has 1 amide bonds. The van der Waals surface area contributed by atoms with Crippen LogP contribution in [-0.2, 0) is 13.3 Å². The molecule has 7 heteroatoms. The summed E-state index contributed by atoms with van der Waals surface area (Å²) in [7, 11) is 0. The second-order valence-corrected chi connectivity index (χ2v) is 5.66. The number of amides is 1. The Bertz CT molecular complexity index is 865. The van der Waals surface area contributed by atoms with Crippen molar-refractivity contribution in [3.05, 3.63) is 82.9 Å². The molecule has 0 saturated heterocycles. The van der Waals surface area contributed by atoms with E-state index in [0.29, 0.717) is 17.3 Å². The normalized spacial score (nSPS) is 10.5. The van der Waals surface area contributed by atoms with Crippen molar-refractivity contribution in [3.63, 3.8) is 0 Å². The summed E-state index contributed by atoms with van der Waals surface area (Å²) in [5.74, 6) is -0.0878. The van der Waals surface area contributed by atoms with Gasteiger partial charge < -0.3 is 10.1 Å². The number of nitrogens with one attached hydrogen (secondary N) is 1. The molecule has 0 radical (unpaired) electrons. The fourth-order valence-corrected chi connectivity index (χ4v) is 2.32. The van der Waals surface area contributed by atoms with Gasteiger partial charge in [0.2, 0.25) is 0 Å². The van der Waals surface area contributed by atoms with Gasteiger partial charge in [0.25, 0.3) is 5.91 Å². The first-order chi connectivity index (χ1) is 12.1. The first kappa shape index (κ1) is 17.0. The van der Waals surface area contributed by atoms with Gasteiger partial charge in [-0.15, -0.1) is 0 Å². The minimum atomic E-state index is -0.319. The summed E-state index contributed by atoms with van der Waals surface area (Å²) in [6.45, 7) is 0.428. The van der Waals surface area contributed by atoms with Gasteiger partial charge in [0, 0.05) is 12.7 Å². The van der Waals surface area contributed by atoms with E-state index in [-0.39, 0.29) is 24.1 Å². The molecular formula is C18H15ClFN3O2. The maximum atomic E-state index is 12.9. The number of halogens is 2. The van der Waals surface area contributed by atoms with Gasteiger partial charge in [-0.25, -0.2) is 9.07 Å². The smallest absolute Gasteiger partial charge is 0.272 e. The average molecular weight is 360 g/mol. The molecule has 0 spiro atoms. The van der Waals surface area contributed by atoms with E-state index in [9.17, 15) is 9.18 Å². The Balaban J connectivity index is 1.54. The highest BCUT2D eigenvalue weighted by atomic mass is 35.5. The molecule has 0 bridgehead atoms. The Kier molecular flexibility index (Phi) is 5.30. The minimum absolute atomic E-state index is 0.134. The maximum Gasteiger partial charge on any atom is 0.272 e. The van der Waals surface area contributed by atoms with E-state index in [1.54, 1.807) is 36.5 Å². The van der Waals surface area contributed by atoms with Crippen molar-refractivity contribution in [3.8, 4) is 5.75 Å². The van der Waals surface area contributed by atoms with Crippen LogP contribution in [0.1, 0.15) is 16.1 Å². The third-order valence-corrected chi connectivity index (χ3v) is 3.74. The van der Waals surface area contributed by atoms with Crippen molar-refractivity contribution in [2.45, 2.75) is 13.3 Å². The molecule has 1 aromatic heterocycles. The van der Waals surface area contributed by atoms with Crippen molar-refractivity contribution in [2.24, 2.45) is 0 Å². The summed E-state index contributed by atoms with van der Waals surface area (Å²) in [4.78, 5) is 12.1. The van der Waals surface area contributed by atoms with E-state index in [0.717, 1.165) is 5.56 Å². The lowest BCUT2D eigenvalue weighted by Crippen LogP contribution is -2.23. The molecule has 1 heterocycles. The van der Waals surface area contributed by atoms with Gasteiger partial charge in [-0.2, -0.15) is 5.10 Å². The van der Waals surface area contributed by atoms with Crippen LogP contribution in [0.25, 0.3) is 0 Å². The number of para-hydroxylation sites is 1. The SMILES string of the molecule is O=C(NCc1ccc(F)cc1)c1ccn(COc2ccccc2Cl)n1. The number of hydrogen-bond acceptors (Lipinski definition) is 3. The Labute approximate surface area is 149 Å². The molecule has 25 heavy (non-hydrogen) atoms. The number of carbonyl (C=O) groups is 1. The van der Waals surface area contributed by atoms with Gasteiger partial charge in [0.05, 0.1) is 5.02 Å². The quantitative estimate of drug-likeness (QED) is 0.731. The molecule has 5 nitrogen and oxygen atoms in total. The second kappa shape index (κ2) is 7.81. The fourth-order valence-electron chi connectivity index (χ4n) is 2.13. The zero-order valence-electron chi connectivity index (χ0n) is 13.2. The summed E-state index contributed by atoms with van der Waals surface area (Å²) in [5, 5.41) is 7.40. The van der Waals surface area contributed by atoms with Crippen molar-refractivity contribution in [1.82, 2.24) is 15.1 Å². The average Bonchev–Trinajstić information content (AvgIpc) is 3.09. The highest BCUT2D eigenvalue weighted by Crippen LogP contribution is 2.23. The molecule has 0 aliphatic heterocycles. The van der Waals surface area contributed by atoms with Crippen LogP contribution >= 0.6 is 11.6 Å². The van der Waals surface area contributed by atoms with E-state index >= 15 is 0 Å². The van der Waals surface area contributed by atoms with Crippen LogP contribution in [0.3, 0.4) is 0 Å². The second-order valence-electron chi connectivity index (χ2n) is 5.25. The summed E-state index contributed by atoms with van der Waals surface area (Å²) < 4.78 is 19.9. The van der Waals surface area contributed by atoms with Crippen LogP contribution in [0.15, 0.2) is 60.8 Å². The van der Waals surface area contributed by atoms with Crippen molar-refractivity contribution in [2.75, 3.05) is 0 Å². The molecule has 0 aliphatic rings. The monoisotopic (exact) mass is 359 g/mol. The van der Waals surface area contributed by atoms with Crippen molar-refractivity contribution >= 4 is 17.5 Å². The lowest BCUT2D eigenvalue weighted by atomic mass is 10.2. The van der Waals surface area contributed by atoms with E-state index in [1.807, 2.05) is 12.1 Å². The molecule has 3 rings (SSSR count). The summed E-state index contributed by atoms with van der Waals surface area (Å²) in [6, 6.07) is 14.6. The highest BCUT2D eigenvalue weighted by molar-refractivity contribution is 6.32. The fraction of sp³-hybridized carbons (Fsp3) is 0.111. The largest absolute Gasteiger partial charge is 0.470 e. The predicted octanol–water partition coefficient (Wildman–Crippen LogP) is 3.64. The third kappa shape index (κ3) is 4.58. The number of carbonyl (C=O) groups excluding carboxylic acids is 1. The van der Waals surface area contributed by atoms with Gasteiger partial charge in [-0.3, -0.25) is 4.79 Å². The lowest BCUT2D eigenvalue weighted by Gasteiger charge is -2.07. The zero-order valence-corrected chi connectivity index (χ0v) is 13.9. The number of hydrogen-bond donors (Lipinski definition) is 1. The summed E-state index contributed by atoms with van der Waals surface area (Å²) in [5.41, 5.74) is 1.07. The van der Waals surface area contributed by atoms with Crippen LogP contribution in [0, 0.1) is 5.82 Å². The van der Waals surface area contributed by atoms with Crippen molar-refractivity contribution in [1.29, 1.82) is 0 Å². The molecule has 2 aromatic carbocycles. The summed E-state index contributed by atoms with van der Waals surface area (Å²) in [6.07, 6.45) is 1.64. The van der Waals surface area contributed by atoms with E-state index in [2.05, 4.69) is 10.4 Å². The first-order valence-corrected chi connectivity index (χ1v) is 7.93. The third-order valence-electron chi connectivity index (χ3n) is 3.43. The Morgan fingerprint density at radius 3 is 2.68 bits per heavy atom. The van der Waals surface area contributed by atoms with Crippen LogP contribution in [0.4, 0.5) is 4.39 Å². The number of aromatic nitrogens is 2. The maximum absolute atomic E-state index is 12.9. The van der Waals surface area contributed by atoms with E-state index in [1.165, 1.54) is 16.8 Å². The van der Waals surface area contributed by atoms with E-state index in [4.69, 9.17) is 16.3 Å². The molecule has 0 atom stereocenters. The van der Waals surface area contributed by atoms with Crippen LogP contribution in [0.5, 0.6) is 5.75 Å². The van der Waals surface area contributed by atoms with Crippen molar-refractivity contribution < 1.29 is 13.9 Å². The Hall–Kier alpha value is -2.86. The van der Waals surface area contributed by atoms with E-state index < -0.39 is 0 Å². The van der Waals surface area contributed by atoms with Gasteiger partial charge in [-0.1, -0.05) is 35.9 Å². The molecule has 128 valence electrons. The molecule has 0 unspecified atom stereocenters.